The van der Waals surface area contributed by atoms with Crippen LogP contribution >= 0.6 is 0 Å². The normalized spacial score (nSPS) is 10.2. The summed E-state index contributed by atoms with van der Waals surface area (Å²) in [5, 5.41) is 13.2. The standard InChI is InChI=1S/C13H14N4O4/c1-9-3-5-10(6-4-9)15-13(18)21-8-11-7-16(2)12(14-11)17(19)20/h3-7H,8H2,1-2H3,(H,15,18). The zero-order chi connectivity index (χ0) is 15.4. The number of aromatic nitrogens is 2. The van der Waals surface area contributed by atoms with Crippen LogP contribution in [0, 0.1) is 17.0 Å². The molecule has 1 amide bonds. The summed E-state index contributed by atoms with van der Waals surface area (Å²) in [7, 11) is 1.50. The highest BCUT2D eigenvalue weighted by Crippen LogP contribution is 2.12. The van der Waals surface area contributed by atoms with Crippen molar-refractivity contribution in [2.45, 2.75) is 13.5 Å². The maximum atomic E-state index is 11.6. The lowest BCUT2D eigenvalue weighted by Gasteiger charge is -2.05. The molecule has 1 aromatic carbocycles. The van der Waals surface area contributed by atoms with E-state index in [1.807, 2.05) is 19.1 Å². The average Bonchev–Trinajstić information content (AvgIpc) is 2.81. The van der Waals surface area contributed by atoms with Gasteiger partial charge in [-0.05, 0) is 24.0 Å². The number of carbonyl (C=O) groups is 1. The smallest absolute Gasteiger partial charge is 0.434 e. The van der Waals surface area contributed by atoms with Gasteiger partial charge in [0.2, 0.25) is 0 Å². The molecule has 0 saturated heterocycles. The summed E-state index contributed by atoms with van der Waals surface area (Å²) in [4.78, 5) is 25.4. The van der Waals surface area contributed by atoms with Crippen molar-refractivity contribution in [2.75, 3.05) is 5.32 Å². The summed E-state index contributed by atoms with van der Waals surface area (Å²) in [6.45, 7) is 1.80. The average molecular weight is 290 g/mol. The second-order valence-electron chi connectivity index (χ2n) is 4.47. The molecule has 0 spiro atoms. The van der Waals surface area contributed by atoms with Gasteiger partial charge in [0.05, 0.1) is 7.05 Å². The number of anilines is 1. The maximum absolute atomic E-state index is 11.6. The number of nitro groups is 1. The third-order valence-corrected chi connectivity index (χ3v) is 2.71. The predicted octanol–water partition coefficient (Wildman–Crippen LogP) is 2.39. The van der Waals surface area contributed by atoms with Crippen LogP contribution in [0.1, 0.15) is 11.3 Å². The first-order valence-electron chi connectivity index (χ1n) is 6.13. The molecule has 1 N–H and O–H groups in total. The molecule has 0 atom stereocenters. The molecule has 8 heteroatoms. The van der Waals surface area contributed by atoms with Crippen LogP contribution in [-0.2, 0) is 18.4 Å². The predicted molar refractivity (Wildman–Crippen MR) is 74.8 cm³/mol. The van der Waals surface area contributed by atoms with Crippen LogP contribution in [-0.4, -0.2) is 20.6 Å². The second kappa shape index (κ2) is 6.04. The van der Waals surface area contributed by atoms with Crippen molar-refractivity contribution < 1.29 is 14.5 Å². The molecule has 0 aliphatic rings. The van der Waals surface area contributed by atoms with Crippen molar-refractivity contribution in [2.24, 2.45) is 7.05 Å². The third-order valence-electron chi connectivity index (χ3n) is 2.71. The first kappa shape index (κ1) is 14.5. The Bertz CT molecular complexity index is 663. The Morgan fingerprint density at radius 1 is 1.43 bits per heavy atom. The summed E-state index contributed by atoms with van der Waals surface area (Å²) in [6, 6.07) is 7.22. The Morgan fingerprint density at radius 3 is 2.67 bits per heavy atom. The van der Waals surface area contributed by atoms with Crippen molar-refractivity contribution in [3.05, 3.63) is 51.8 Å². The van der Waals surface area contributed by atoms with Crippen LogP contribution in [0.3, 0.4) is 0 Å². The summed E-state index contributed by atoms with van der Waals surface area (Å²) in [5.41, 5.74) is 2.00. The fourth-order valence-corrected chi connectivity index (χ4v) is 1.69. The lowest BCUT2D eigenvalue weighted by Crippen LogP contribution is -2.13. The van der Waals surface area contributed by atoms with E-state index in [1.54, 1.807) is 12.1 Å². The van der Waals surface area contributed by atoms with Crippen molar-refractivity contribution in [1.29, 1.82) is 0 Å². The Balaban J connectivity index is 1.90. The molecule has 8 nitrogen and oxygen atoms in total. The number of benzene rings is 1. The first-order chi connectivity index (χ1) is 9.95. The van der Waals surface area contributed by atoms with E-state index in [0.717, 1.165) is 5.56 Å². The summed E-state index contributed by atoms with van der Waals surface area (Å²) in [6.07, 6.45) is 0.796. The van der Waals surface area contributed by atoms with E-state index in [1.165, 1.54) is 17.8 Å². The number of nitrogens with zero attached hydrogens (tertiary/aromatic N) is 3. The summed E-state index contributed by atoms with van der Waals surface area (Å²) in [5.74, 6) is -0.299. The van der Waals surface area contributed by atoms with Crippen LogP contribution in [0.2, 0.25) is 0 Å². The summed E-state index contributed by atoms with van der Waals surface area (Å²) < 4.78 is 6.22. The molecule has 0 unspecified atom stereocenters. The van der Waals surface area contributed by atoms with Gasteiger partial charge in [0.1, 0.15) is 6.20 Å². The van der Waals surface area contributed by atoms with Gasteiger partial charge in [-0.15, -0.1) is 0 Å². The number of ether oxygens (including phenoxy) is 1. The van der Waals surface area contributed by atoms with Gasteiger partial charge in [-0.25, -0.2) is 9.36 Å². The van der Waals surface area contributed by atoms with Crippen molar-refractivity contribution >= 4 is 17.7 Å². The highest BCUT2D eigenvalue weighted by molar-refractivity contribution is 5.84. The Morgan fingerprint density at radius 2 is 2.10 bits per heavy atom. The monoisotopic (exact) mass is 290 g/mol. The van der Waals surface area contributed by atoms with Gasteiger partial charge >= 0.3 is 12.0 Å². The molecule has 0 radical (unpaired) electrons. The van der Waals surface area contributed by atoms with Crippen LogP contribution in [0.15, 0.2) is 30.5 Å². The number of hydrogen-bond donors (Lipinski definition) is 1. The molecule has 21 heavy (non-hydrogen) atoms. The Hall–Kier alpha value is -2.90. The van der Waals surface area contributed by atoms with E-state index in [0.29, 0.717) is 11.4 Å². The molecule has 2 aromatic rings. The van der Waals surface area contributed by atoms with Crippen molar-refractivity contribution in [1.82, 2.24) is 9.55 Å². The van der Waals surface area contributed by atoms with Gasteiger partial charge in [-0.2, -0.15) is 0 Å². The molecule has 1 heterocycles. The molecule has 0 saturated carbocycles. The second-order valence-corrected chi connectivity index (χ2v) is 4.47. The maximum Gasteiger partial charge on any atom is 0.434 e. The molecule has 2 rings (SSSR count). The molecular weight excluding hydrogens is 276 g/mol. The van der Waals surface area contributed by atoms with E-state index in [-0.39, 0.29) is 12.6 Å². The van der Waals surface area contributed by atoms with E-state index in [9.17, 15) is 14.9 Å². The van der Waals surface area contributed by atoms with Crippen molar-refractivity contribution in [3.63, 3.8) is 0 Å². The highest BCUT2D eigenvalue weighted by atomic mass is 16.6. The fourth-order valence-electron chi connectivity index (χ4n) is 1.69. The number of imidazole rings is 1. The number of aryl methyl sites for hydroxylation is 2. The molecule has 110 valence electrons. The van der Waals surface area contributed by atoms with Gasteiger partial charge in [0.25, 0.3) is 0 Å². The molecule has 0 aliphatic heterocycles. The van der Waals surface area contributed by atoms with E-state index in [2.05, 4.69) is 10.3 Å². The Kier molecular flexibility index (Phi) is 4.17. The third kappa shape index (κ3) is 3.78. The number of carbonyl (C=O) groups excluding carboxylic acids is 1. The molecular formula is C13H14N4O4. The molecule has 0 fully saturated rings. The largest absolute Gasteiger partial charge is 0.441 e. The lowest BCUT2D eigenvalue weighted by molar-refractivity contribution is -0.396. The highest BCUT2D eigenvalue weighted by Gasteiger charge is 2.17. The van der Waals surface area contributed by atoms with Crippen LogP contribution in [0.25, 0.3) is 0 Å². The molecule has 1 aromatic heterocycles. The van der Waals surface area contributed by atoms with Gasteiger partial charge in [-0.1, -0.05) is 22.7 Å². The summed E-state index contributed by atoms with van der Waals surface area (Å²) >= 11 is 0. The quantitative estimate of drug-likeness (QED) is 0.688. The Labute approximate surface area is 120 Å². The van der Waals surface area contributed by atoms with E-state index in [4.69, 9.17) is 4.74 Å². The van der Waals surface area contributed by atoms with Gasteiger partial charge in [0, 0.05) is 5.69 Å². The van der Waals surface area contributed by atoms with Crippen LogP contribution < -0.4 is 5.32 Å². The SMILES string of the molecule is Cc1ccc(NC(=O)OCc2cn(C)c([N+](=O)[O-])n2)cc1. The number of amides is 1. The minimum atomic E-state index is -0.646. The van der Waals surface area contributed by atoms with E-state index >= 15 is 0 Å². The fraction of sp³-hybridized carbons (Fsp3) is 0.231. The minimum absolute atomic E-state index is 0.140. The zero-order valence-corrected chi connectivity index (χ0v) is 11.6. The van der Waals surface area contributed by atoms with Gasteiger partial charge in [-0.3, -0.25) is 5.32 Å². The number of hydrogen-bond acceptors (Lipinski definition) is 5. The topological polar surface area (TPSA) is 99.3 Å². The molecule has 0 aliphatic carbocycles. The molecule has 0 bridgehead atoms. The number of rotatable bonds is 4. The zero-order valence-electron chi connectivity index (χ0n) is 11.6. The van der Waals surface area contributed by atoms with Crippen LogP contribution in [0.5, 0.6) is 0 Å². The van der Waals surface area contributed by atoms with E-state index < -0.39 is 11.0 Å². The van der Waals surface area contributed by atoms with Gasteiger partial charge in [0.15, 0.2) is 12.3 Å². The van der Waals surface area contributed by atoms with Crippen LogP contribution in [0.4, 0.5) is 16.4 Å². The number of nitrogens with one attached hydrogen (secondary N) is 1. The van der Waals surface area contributed by atoms with Crippen molar-refractivity contribution in [3.8, 4) is 0 Å². The van der Waals surface area contributed by atoms with Gasteiger partial charge < -0.3 is 14.9 Å². The lowest BCUT2D eigenvalue weighted by atomic mass is 10.2. The first-order valence-corrected chi connectivity index (χ1v) is 6.13. The minimum Gasteiger partial charge on any atom is -0.441 e.